The summed E-state index contributed by atoms with van der Waals surface area (Å²) in [6, 6.07) is 8.76. The van der Waals surface area contributed by atoms with Crippen molar-refractivity contribution in [1.29, 1.82) is 5.41 Å². The number of rotatable bonds is 8. The zero-order chi connectivity index (χ0) is 14.6. The Morgan fingerprint density at radius 1 is 1.30 bits per heavy atom. The molecule has 2 N–H and O–H groups in total. The van der Waals surface area contributed by atoms with Gasteiger partial charge < -0.3 is 10.7 Å². The molecule has 0 aromatic heterocycles. The normalized spacial score (nSPS) is 17.8. The fourth-order valence-electron chi connectivity index (χ4n) is 2.83. The molecular weight excluding hydrogens is 244 g/mol. The highest BCUT2D eigenvalue weighted by Crippen LogP contribution is 2.53. The summed E-state index contributed by atoms with van der Waals surface area (Å²) in [5, 5.41) is 11.3. The van der Waals surface area contributed by atoms with Crippen LogP contribution in [-0.4, -0.2) is 12.3 Å². The molecule has 0 bridgehead atoms. The molecule has 0 spiro atoms. The van der Waals surface area contributed by atoms with Gasteiger partial charge in [-0.25, -0.2) is 0 Å². The van der Waals surface area contributed by atoms with Gasteiger partial charge in [0.1, 0.15) is 0 Å². The van der Waals surface area contributed by atoms with Crippen LogP contribution in [0, 0.1) is 23.7 Å². The van der Waals surface area contributed by atoms with Gasteiger partial charge in [0, 0.05) is 12.3 Å². The summed E-state index contributed by atoms with van der Waals surface area (Å²) in [7, 11) is 0. The molecule has 2 rings (SSSR count). The van der Waals surface area contributed by atoms with Crippen LogP contribution in [0.1, 0.15) is 50.7 Å². The van der Waals surface area contributed by atoms with Crippen molar-refractivity contribution in [3.63, 3.8) is 0 Å². The minimum absolute atomic E-state index is 0.453. The van der Waals surface area contributed by atoms with E-state index in [0.29, 0.717) is 11.3 Å². The van der Waals surface area contributed by atoms with Crippen molar-refractivity contribution in [1.82, 2.24) is 5.32 Å². The van der Waals surface area contributed by atoms with Crippen molar-refractivity contribution < 1.29 is 0 Å². The van der Waals surface area contributed by atoms with E-state index >= 15 is 0 Å². The van der Waals surface area contributed by atoms with Crippen molar-refractivity contribution in [3.05, 3.63) is 35.4 Å². The predicted octanol–water partition coefficient (Wildman–Crippen LogP) is 4.32. The lowest BCUT2D eigenvalue weighted by atomic mass is 9.88. The summed E-state index contributed by atoms with van der Waals surface area (Å²) >= 11 is 0. The van der Waals surface area contributed by atoms with Gasteiger partial charge in [-0.1, -0.05) is 36.8 Å². The Balaban J connectivity index is 1.68. The molecule has 0 saturated heterocycles. The van der Waals surface area contributed by atoms with Gasteiger partial charge in [0.2, 0.25) is 0 Å². The second-order valence-electron chi connectivity index (χ2n) is 6.70. The van der Waals surface area contributed by atoms with Crippen molar-refractivity contribution in [2.45, 2.75) is 53.0 Å². The molecule has 1 saturated carbocycles. The van der Waals surface area contributed by atoms with Crippen LogP contribution >= 0.6 is 0 Å². The maximum absolute atomic E-state index is 7.74. The summed E-state index contributed by atoms with van der Waals surface area (Å²) in [5.41, 5.74) is 4.07. The fourth-order valence-corrected chi connectivity index (χ4v) is 2.83. The van der Waals surface area contributed by atoms with E-state index in [1.165, 1.54) is 36.8 Å². The Morgan fingerprint density at radius 3 is 2.50 bits per heavy atom. The topological polar surface area (TPSA) is 35.9 Å². The first-order chi connectivity index (χ1) is 9.51. The highest BCUT2D eigenvalue weighted by atomic mass is 14.9. The smallest absolute Gasteiger partial charge is 0.0205 e. The van der Waals surface area contributed by atoms with Gasteiger partial charge in [-0.05, 0) is 63.0 Å². The van der Waals surface area contributed by atoms with E-state index in [4.69, 9.17) is 5.41 Å². The third kappa shape index (κ3) is 4.45. The maximum atomic E-state index is 7.74. The van der Waals surface area contributed by atoms with E-state index < -0.39 is 0 Å². The van der Waals surface area contributed by atoms with Gasteiger partial charge in [-0.3, -0.25) is 0 Å². The molecule has 110 valence electrons. The molecule has 1 atom stereocenters. The van der Waals surface area contributed by atoms with Crippen LogP contribution in [0.5, 0.6) is 0 Å². The molecule has 0 unspecified atom stereocenters. The molecule has 1 aliphatic carbocycles. The van der Waals surface area contributed by atoms with Crippen LogP contribution < -0.4 is 5.32 Å². The summed E-state index contributed by atoms with van der Waals surface area (Å²) in [4.78, 5) is 0. The molecule has 2 heteroatoms. The Morgan fingerprint density at radius 2 is 1.95 bits per heavy atom. The molecule has 0 heterocycles. The summed E-state index contributed by atoms with van der Waals surface area (Å²) < 4.78 is 0. The third-order valence-corrected chi connectivity index (χ3v) is 4.72. The number of hydrogen-bond acceptors (Lipinski definition) is 2. The molecule has 0 amide bonds. The largest absolute Gasteiger partial charge is 0.313 e. The molecule has 1 fully saturated rings. The quantitative estimate of drug-likeness (QED) is 0.536. The average Bonchev–Trinajstić information content (AvgIpc) is 3.17. The highest BCUT2D eigenvalue weighted by Gasteiger charge is 2.42. The van der Waals surface area contributed by atoms with Crippen LogP contribution in [0.4, 0.5) is 0 Å². The number of benzene rings is 1. The molecule has 1 aliphatic rings. The first kappa shape index (κ1) is 15.2. The number of hydrogen-bond donors (Lipinski definition) is 2. The predicted molar refractivity (Wildman–Crippen MR) is 86.4 cm³/mol. The molecule has 1 aromatic carbocycles. The van der Waals surface area contributed by atoms with Crippen LogP contribution in [-0.2, 0) is 6.54 Å². The fraction of sp³-hybridized carbons (Fsp3) is 0.611. The van der Waals surface area contributed by atoms with E-state index in [1.54, 1.807) is 0 Å². The molecule has 0 aliphatic heterocycles. The van der Waals surface area contributed by atoms with Crippen molar-refractivity contribution in [2.75, 3.05) is 6.54 Å². The molecule has 2 nitrogen and oxygen atoms in total. The van der Waals surface area contributed by atoms with E-state index in [-0.39, 0.29) is 0 Å². The van der Waals surface area contributed by atoms with Crippen molar-refractivity contribution in [2.24, 2.45) is 11.3 Å². The van der Waals surface area contributed by atoms with Crippen LogP contribution in [0.25, 0.3) is 0 Å². The lowest BCUT2D eigenvalue weighted by Crippen LogP contribution is -2.21. The van der Waals surface area contributed by atoms with E-state index in [9.17, 15) is 0 Å². The second-order valence-corrected chi connectivity index (χ2v) is 6.70. The summed E-state index contributed by atoms with van der Waals surface area (Å²) in [6.45, 7) is 8.33. The summed E-state index contributed by atoms with van der Waals surface area (Å²) in [6.07, 6.45) is 5.18. The molecule has 1 aromatic rings. The Hall–Kier alpha value is -1.15. The standard InChI is InChI=1S/C18H28N2/c1-14-4-6-17(7-5-14)13-20-11-10-18(8-9-18)12-15(2)16(3)19/h4-7,15,19-20H,8-13H2,1-3H3/t15-/m1/s1. The minimum Gasteiger partial charge on any atom is -0.313 e. The average molecular weight is 272 g/mol. The maximum Gasteiger partial charge on any atom is 0.0205 e. The van der Waals surface area contributed by atoms with Crippen LogP contribution in [0.2, 0.25) is 0 Å². The van der Waals surface area contributed by atoms with Crippen LogP contribution in [0.3, 0.4) is 0 Å². The Bertz CT molecular complexity index is 443. The lowest BCUT2D eigenvalue weighted by Gasteiger charge is -2.19. The molecule has 20 heavy (non-hydrogen) atoms. The SMILES string of the molecule is CC(=N)[C@H](C)CC1(CCNCc2ccc(C)cc2)CC1. The number of aryl methyl sites for hydroxylation is 1. The van der Waals surface area contributed by atoms with Gasteiger partial charge in [-0.15, -0.1) is 0 Å². The zero-order valence-corrected chi connectivity index (χ0v) is 13.1. The molecule has 0 radical (unpaired) electrons. The monoisotopic (exact) mass is 272 g/mol. The Kier molecular flexibility index (Phi) is 4.98. The van der Waals surface area contributed by atoms with Gasteiger partial charge in [0.05, 0.1) is 0 Å². The van der Waals surface area contributed by atoms with Gasteiger partial charge in [0.25, 0.3) is 0 Å². The highest BCUT2D eigenvalue weighted by molar-refractivity contribution is 5.80. The zero-order valence-electron chi connectivity index (χ0n) is 13.1. The summed E-state index contributed by atoms with van der Waals surface area (Å²) in [5.74, 6) is 0.453. The van der Waals surface area contributed by atoms with Gasteiger partial charge in [0.15, 0.2) is 0 Å². The minimum atomic E-state index is 0.453. The lowest BCUT2D eigenvalue weighted by molar-refractivity contribution is 0.382. The van der Waals surface area contributed by atoms with E-state index in [0.717, 1.165) is 18.8 Å². The number of nitrogens with one attached hydrogen (secondary N) is 2. The Labute approximate surface area is 123 Å². The second kappa shape index (κ2) is 6.53. The first-order valence-corrected chi connectivity index (χ1v) is 7.82. The molecular formula is C18H28N2. The third-order valence-electron chi connectivity index (χ3n) is 4.72. The van der Waals surface area contributed by atoms with Crippen LogP contribution in [0.15, 0.2) is 24.3 Å². The van der Waals surface area contributed by atoms with E-state index in [1.807, 2.05) is 6.92 Å². The van der Waals surface area contributed by atoms with E-state index in [2.05, 4.69) is 43.4 Å². The van der Waals surface area contributed by atoms with Gasteiger partial charge >= 0.3 is 0 Å². The van der Waals surface area contributed by atoms with Crippen molar-refractivity contribution in [3.8, 4) is 0 Å². The van der Waals surface area contributed by atoms with Crippen molar-refractivity contribution >= 4 is 5.71 Å². The van der Waals surface area contributed by atoms with Gasteiger partial charge in [-0.2, -0.15) is 0 Å². The first-order valence-electron chi connectivity index (χ1n) is 7.82.